The van der Waals surface area contributed by atoms with E-state index in [0.29, 0.717) is 36.7 Å². The van der Waals surface area contributed by atoms with Crippen LogP contribution in [0.3, 0.4) is 0 Å². The molecule has 0 saturated carbocycles. The molecule has 0 radical (unpaired) electrons. The van der Waals surface area contributed by atoms with Crippen molar-refractivity contribution in [3.63, 3.8) is 0 Å². The van der Waals surface area contributed by atoms with Crippen LogP contribution in [0.5, 0.6) is 0 Å². The van der Waals surface area contributed by atoms with Gasteiger partial charge in [-0.15, -0.1) is 0 Å². The minimum Gasteiger partial charge on any atom is -0.343 e. The molecule has 0 spiro atoms. The van der Waals surface area contributed by atoms with Crippen molar-refractivity contribution in [3.05, 3.63) is 47.0 Å². The lowest BCUT2D eigenvalue weighted by atomic mass is 10.0. The van der Waals surface area contributed by atoms with E-state index in [1.54, 1.807) is 6.07 Å². The molecule has 0 fully saturated rings. The SMILES string of the molecule is CC(C)N1NCc2c(C(=O)NCC(F)(F)F)cc(-c3cccc(CN(C)CCN)c3)nc21. The van der Waals surface area contributed by atoms with Gasteiger partial charge in [-0.1, -0.05) is 18.2 Å². The summed E-state index contributed by atoms with van der Waals surface area (Å²) in [5.74, 6) is -0.214. The Bertz CT molecular complexity index is 963. The Labute approximate surface area is 185 Å². The van der Waals surface area contributed by atoms with Crippen molar-refractivity contribution >= 4 is 11.7 Å². The zero-order valence-corrected chi connectivity index (χ0v) is 18.5. The average Bonchev–Trinajstić information content (AvgIpc) is 3.15. The molecule has 1 aromatic heterocycles. The van der Waals surface area contributed by atoms with Crippen LogP contribution in [0.2, 0.25) is 0 Å². The van der Waals surface area contributed by atoms with Gasteiger partial charge in [0.1, 0.15) is 12.4 Å². The quantitative estimate of drug-likeness (QED) is 0.573. The van der Waals surface area contributed by atoms with Crippen molar-refractivity contribution in [2.75, 3.05) is 31.7 Å². The first kappa shape index (κ1) is 24.0. The highest BCUT2D eigenvalue weighted by Crippen LogP contribution is 2.32. The van der Waals surface area contributed by atoms with Crippen LogP contribution in [0.15, 0.2) is 30.3 Å². The van der Waals surface area contributed by atoms with Crippen molar-refractivity contribution in [3.8, 4) is 11.3 Å². The molecule has 32 heavy (non-hydrogen) atoms. The molecule has 7 nitrogen and oxygen atoms in total. The van der Waals surface area contributed by atoms with Crippen molar-refractivity contribution < 1.29 is 18.0 Å². The van der Waals surface area contributed by atoms with Crippen LogP contribution < -0.4 is 21.5 Å². The number of hydrogen-bond donors (Lipinski definition) is 3. The zero-order valence-electron chi connectivity index (χ0n) is 18.5. The molecule has 0 unspecified atom stereocenters. The van der Waals surface area contributed by atoms with E-state index in [4.69, 9.17) is 10.7 Å². The summed E-state index contributed by atoms with van der Waals surface area (Å²) < 4.78 is 38.0. The molecule has 174 valence electrons. The largest absolute Gasteiger partial charge is 0.405 e. The van der Waals surface area contributed by atoms with Crippen LogP contribution in [0.4, 0.5) is 19.0 Å². The van der Waals surface area contributed by atoms with Crippen LogP contribution >= 0.6 is 0 Å². The maximum absolute atomic E-state index is 12.7. The lowest BCUT2D eigenvalue weighted by Gasteiger charge is -2.23. The van der Waals surface area contributed by atoms with Gasteiger partial charge in [0.15, 0.2) is 0 Å². The standard InChI is InChI=1S/C22H29F3N6O/c1-14(2)31-20-18(11-28-31)17(21(32)27-13-22(23,24)25)10-19(29-20)16-6-4-5-15(9-16)12-30(3)8-7-26/h4-6,9-10,14,28H,7-8,11-13,26H2,1-3H3,(H,27,32). The van der Waals surface area contributed by atoms with Crippen LogP contribution in [0.25, 0.3) is 11.3 Å². The predicted octanol–water partition coefficient (Wildman–Crippen LogP) is 2.66. The maximum Gasteiger partial charge on any atom is 0.405 e. The number of nitrogens with one attached hydrogen (secondary N) is 2. The number of benzene rings is 1. The number of hydrogen-bond acceptors (Lipinski definition) is 6. The van der Waals surface area contributed by atoms with Gasteiger partial charge < -0.3 is 16.0 Å². The summed E-state index contributed by atoms with van der Waals surface area (Å²) in [6.45, 7) is 4.86. The van der Waals surface area contributed by atoms with E-state index in [1.807, 2.05) is 55.5 Å². The van der Waals surface area contributed by atoms with Gasteiger partial charge in [-0.25, -0.2) is 10.4 Å². The zero-order chi connectivity index (χ0) is 23.5. The maximum atomic E-state index is 12.7. The molecule has 3 rings (SSSR count). The molecule has 0 saturated heterocycles. The number of pyridine rings is 1. The normalized spacial score (nSPS) is 13.7. The van der Waals surface area contributed by atoms with E-state index < -0.39 is 18.6 Å². The molecular formula is C22H29F3N6O. The molecule has 0 atom stereocenters. The number of carbonyl (C=O) groups is 1. The Balaban J connectivity index is 2.00. The molecule has 4 N–H and O–H groups in total. The first-order valence-electron chi connectivity index (χ1n) is 10.5. The van der Waals surface area contributed by atoms with Crippen molar-refractivity contribution in [2.45, 2.75) is 39.2 Å². The van der Waals surface area contributed by atoms with E-state index in [-0.39, 0.29) is 11.6 Å². The molecule has 2 heterocycles. The third kappa shape index (κ3) is 5.76. The highest BCUT2D eigenvalue weighted by Gasteiger charge is 2.31. The Morgan fingerprint density at radius 1 is 1.34 bits per heavy atom. The van der Waals surface area contributed by atoms with Gasteiger partial charge in [0.05, 0.1) is 5.69 Å². The Hall–Kier alpha value is -2.69. The molecule has 1 aliphatic rings. The average molecular weight is 451 g/mol. The Kier molecular flexibility index (Phi) is 7.37. The fourth-order valence-electron chi connectivity index (χ4n) is 3.66. The second-order valence-corrected chi connectivity index (χ2v) is 8.18. The smallest absolute Gasteiger partial charge is 0.343 e. The van der Waals surface area contributed by atoms with Gasteiger partial charge in [-0.3, -0.25) is 9.80 Å². The summed E-state index contributed by atoms with van der Waals surface area (Å²) >= 11 is 0. The van der Waals surface area contributed by atoms with E-state index >= 15 is 0 Å². The first-order valence-corrected chi connectivity index (χ1v) is 10.5. The van der Waals surface area contributed by atoms with Crippen LogP contribution in [-0.4, -0.2) is 54.7 Å². The number of carbonyl (C=O) groups excluding carboxylic acids is 1. The fraction of sp³-hybridized carbons (Fsp3) is 0.455. The number of hydrazine groups is 1. The van der Waals surface area contributed by atoms with Gasteiger partial charge >= 0.3 is 6.18 Å². The van der Waals surface area contributed by atoms with Crippen LogP contribution in [0, 0.1) is 0 Å². The van der Waals surface area contributed by atoms with Crippen LogP contribution in [0.1, 0.15) is 35.3 Å². The van der Waals surface area contributed by atoms with Crippen molar-refractivity contribution in [2.24, 2.45) is 5.73 Å². The van der Waals surface area contributed by atoms with E-state index in [1.165, 1.54) is 0 Å². The molecule has 0 bridgehead atoms. The second-order valence-electron chi connectivity index (χ2n) is 8.18. The van der Waals surface area contributed by atoms with Crippen LogP contribution in [-0.2, 0) is 13.1 Å². The minimum absolute atomic E-state index is 0.0429. The molecule has 1 aromatic carbocycles. The summed E-state index contributed by atoms with van der Waals surface area (Å²) in [5.41, 5.74) is 11.9. The number of fused-ring (bicyclic) bond motifs is 1. The molecule has 10 heteroatoms. The summed E-state index contributed by atoms with van der Waals surface area (Å²) in [7, 11) is 1.97. The summed E-state index contributed by atoms with van der Waals surface area (Å²) in [6.07, 6.45) is -4.49. The second kappa shape index (κ2) is 9.85. The number of amides is 1. The van der Waals surface area contributed by atoms with Crippen molar-refractivity contribution in [1.82, 2.24) is 20.6 Å². The lowest BCUT2D eigenvalue weighted by molar-refractivity contribution is -0.123. The Morgan fingerprint density at radius 3 is 2.75 bits per heavy atom. The van der Waals surface area contributed by atoms with E-state index in [9.17, 15) is 18.0 Å². The highest BCUT2D eigenvalue weighted by molar-refractivity contribution is 5.98. The number of alkyl halides is 3. The summed E-state index contributed by atoms with van der Waals surface area (Å²) in [4.78, 5) is 19.5. The predicted molar refractivity (Wildman–Crippen MR) is 118 cm³/mol. The number of aromatic nitrogens is 1. The van der Waals surface area contributed by atoms with Gasteiger partial charge in [0.2, 0.25) is 0 Å². The highest BCUT2D eigenvalue weighted by atomic mass is 19.4. The molecular weight excluding hydrogens is 421 g/mol. The van der Waals surface area contributed by atoms with Gasteiger partial charge in [0, 0.05) is 48.9 Å². The topological polar surface area (TPSA) is 86.5 Å². The number of likely N-dealkylation sites (N-methyl/N-ethyl adjacent to an activating group) is 1. The molecule has 1 amide bonds. The fourth-order valence-corrected chi connectivity index (χ4v) is 3.66. The van der Waals surface area contributed by atoms with Gasteiger partial charge in [-0.05, 0) is 38.6 Å². The molecule has 2 aromatic rings. The number of nitrogens with zero attached hydrogens (tertiary/aromatic N) is 3. The third-order valence-electron chi connectivity index (χ3n) is 5.15. The first-order chi connectivity index (χ1) is 15.1. The summed E-state index contributed by atoms with van der Waals surface area (Å²) in [6, 6.07) is 9.35. The monoisotopic (exact) mass is 450 g/mol. The number of nitrogens with two attached hydrogens (primary N) is 1. The Morgan fingerprint density at radius 2 is 2.09 bits per heavy atom. The number of rotatable bonds is 8. The van der Waals surface area contributed by atoms with Gasteiger partial charge in [0.25, 0.3) is 5.91 Å². The van der Waals surface area contributed by atoms with Crippen molar-refractivity contribution in [1.29, 1.82) is 0 Å². The third-order valence-corrected chi connectivity index (χ3v) is 5.15. The lowest BCUT2D eigenvalue weighted by Crippen LogP contribution is -2.38. The van der Waals surface area contributed by atoms with E-state index in [2.05, 4.69) is 10.3 Å². The van der Waals surface area contributed by atoms with Gasteiger partial charge in [-0.2, -0.15) is 13.2 Å². The minimum atomic E-state index is -4.49. The number of anilines is 1. The summed E-state index contributed by atoms with van der Waals surface area (Å²) in [5, 5.41) is 3.82. The molecule has 1 aliphatic heterocycles. The molecule has 0 aliphatic carbocycles. The van der Waals surface area contributed by atoms with E-state index in [0.717, 1.165) is 17.7 Å². The number of halogens is 3.